The summed E-state index contributed by atoms with van der Waals surface area (Å²) in [5.41, 5.74) is 2.78. The highest BCUT2D eigenvalue weighted by atomic mass is 19.2. The maximum Gasteiger partial charge on any atom is 0.160 e. The van der Waals surface area contributed by atoms with Gasteiger partial charge < -0.3 is 10.4 Å². The van der Waals surface area contributed by atoms with E-state index in [1.165, 1.54) is 11.6 Å². The van der Waals surface area contributed by atoms with Gasteiger partial charge in [-0.15, -0.1) is 0 Å². The Bertz CT molecular complexity index is 811. The summed E-state index contributed by atoms with van der Waals surface area (Å²) in [4.78, 5) is 2.37. The first kappa shape index (κ1) is 19.3. The summed E-state index contributed by atoms with van der Waals surface area (Å²) in [6, 6.07) is 12.3. The number of hydrogen-bond donors (Lipinski definition) is 2. The summed E-state index contributed by atoms with van der Waals surface area (Å²) in [5.74, 6) is 4.30. The Morgan fingerprint density at radius 2 is 1.93 bits per heavy atom. The lowest BCUT2D eigenvalue weighted by Crippen LogP contribution is -2.41. The minimum atomic E-state index is -0.824. The van der Waals surface area contributed by atoms with Gasteiger partial charge in [0.15, 0.2) is 11.6 Å². The van der Waals surface area contributed by atoms with Crippen LogP contribution in [-0.4, -0.2) is 35.7 Å². The van der Waals surface area contributed by atoms with Gasteiger partial charge in [0.1, 0.15) is 0 Å². The lowest BCUT2D eigenvalue weighted by molar-refractivity contribution is 0.208. The average molecular weight is 370 g/mol. The van der Waals surface area contributed by atoms with Crippen LogP contribution in [0, 0.1) is 23.5 Å². The van der Waals surface area contributed by atoms with E-state index in [0.717, 1.165) is 44.1 Å². The summed E-state index contributed by atoms with van der Waals surface area (Å²) in [6.07, 6.45) is 2.56. The van der Waals surface area contributed by atoms with Crippen LogP contribution in [0.5, 0.6) is 0 Å². The number of aliphatic hydroxyl groups is 1. The maximum atomic E-state index is 13.4. The monoisotopic (exact) mass is 370 g/mol. The van der Waals surface area contributed by atoms with Crippen LogP contribution in [-0.2, 0) is 6.54 Å². The van der Waals surface area contributed by atoms with E-state index < -0.39 is 11.6 Å². The molecule has 27 heavy (non-hydrogen) atoms. The van der Waals surface area contributed by atoms with Crippen molar-refractivity contribution >= 4 is 5.69 Å². The van der Waals surface area contributed by atoms with Gasteiger partial charge in [0, 0.05) is 42.9 Å². The molecule has 1 atom stereocenters. The molecule has 0 bridgehead atoms. The fourth-order valence-electron chi connectivity index (χ4n) is 3.31. The standard InChI is InChI=1S/C22H24F2N2O/c23-21-11-10-19(14-22(21)24)25-20-5-3-12-26(16-20)15-18-8-6-17(7-9-18)4-1-2-13-27/h6-11,14,20,25,27H,2-3,5,12-13,15-16H2/t20-/m1/s1. The highest BCUT2D eigenvalue weighted by Gasteiger charge is 2.20. The van der Waals surface area contributed by atoms with Gasteiger partial charge in [0.25, 0.3) is 0 Å². The second-order valence-electron chi connectivity index (χ2n) is 6.82. The number of nitrogens with zero attached hydrogens (tertiary/aromatic N) is 1. The van der Waals surface area contributed by atoms with Crippen molar-refractivity contribution in [3.8, 4) is 11.8 Å². The van der Waals surface area contributed by atoms with Gasteiger partial charge in [-0.2, -0.15) is 0 Å². The zero-order valence-electron chi connectivity index (χ0n) is 15.2. The molecule has 142 valence electrons. The van der Waals surface area contributed by atoms with Gasteiger partial charge in [-0.25, -0.2) is 8.78 Å². The zero-order chi connectivity index (χ0) is 19.1. The van der Waals surface area contributed by atoms with E-state index in [4.69, 9.17) is 5.11 Å². The molecule has 2 aromatic carbocycles. The van der Waals surface area contributed by atoms with Gasteiger partial charge in [0.2, 0.25) is 0 Å². The number of likely N-dealkylation sites (tertiary alicyclic amines) is 1. The van der Waals surface area contributed by atoms with E-state index in [2.05, 4.69) is 34.2 Å². The normalized spacial score (nSPS) is 17.2. The Balaban J connectivity index is 1.55. The molecule has 3 nitrogen and oxygen atoms in total. The second-order valence-corrected chi connectivity index (χ2v) is 6.82. The van der Waals surface area contributed by atoms with Gasteiger partial charge in [-0.3, -0.25) is 4.90 Å². The van der Waals surface area contributed by atoms with Crippen molar-refractivity contribution in [1.29, 1.82) is 0 Å². The molecule has 1 fully saturated rings. The van der Waals surface area contributed by atoms with Gasteiger partial charge in [-0.1, -0.05) is 24.0 Å². The summed E-state index contributed by atoms with van der Waals surface area (Å²) in [6.45, 7) is 2.81. The molecule has 2 aromatic rings. The Morgan fingerprint density at radius 1 is 1.11 bits per heavy atom. The van der Waals surface area contributed by atoms with Crippen molar-refractivity contribution in [2.45, 2.75) is 31.8 Å². The summed E-state index contributed by atoms with van der Waals surface area (Å²) in [7, 11) is 0. The first-order chi connectivity index (χ1) is 13.1. The van der Waals surface area contributed by atoms with Crippen molar-refractivity contribution in [1.82, 2.24) is 4.90 Å². The van der Waals surface area contributed by atoms with E-state index in [0.29, 0.717) is 12.1 Å². The largest absolute Gasteiger partial charge is 0.395 e. The van der Waals surface area contributed by atoms with Crippen LogP contribution in [0.3, 0.4) is 0 Å². The summed E-state index contributed by atoms with van der Waals surface area (Å²) in [5, 5.41) is 12.1. The molecule has 5 heteroatoms. The maximum absolute atomic E-state index is 13.4. The third kappa shape index (κ3) is 5.78. The van der Waals surface area contributed by atoms with E-state index in [1.807, 2.05) is 12.1 Å². The zero-order valence-corrected chi connectivity index (χ0v) is 15.2. The molecule has 0 amide bonds. The third-order valence-corrected chi connectivity index (χ3v) is 4.63. The van der Waals surface area contributed by atoms with Crippen LogP contribution >= 0.6 is 0 Å². The van der Waals surface area contributed by atoms with Crippen molar-refractivity contribution < 1.29 is 13.9 Å². The van der Waals surface area contributed by atoms with Crippen molar-refractivity contribution in [3.05, 3.63) is 65.2 Å². The lowest BCUT2D eigenvalue weighted by atomic mass is 10.0. The Kier molecular flexibility index (Phi) is 6.80. The molecule has 0 spiro atoms. The third-order valence-electron chi connectivity index (χ3n) is 4.63. The Morgan fingerprint density at radius 3 is 2.67 bits per heavy atom. The summed E-state index contributed by atoms with van der Waals surface area (Å²) < 4.78 is 26.4. The van der Waals surface area contributed by atoms with Crippen LogP contribution in [0.2, 0.25) is 0 Å². The molecule has 1 aliphatic rings. The number of nitrogens with one attached hydrogen (secondary N) is 1. The number of halogens is 2. The lowest BCUT2D eigenvalue weighted by Gasteiger charge is -2.33. The number of benzene rings is 2. The molecule has 1 heterocycles. The predicted octanol–water partition coefficient (Wildman–Crippen LogP) is 3.78. The van der Waals surface area contributed by atoms with Crippen LogP contribution < -0.4 is 5.32 Å². The first-order valence-corrected chi connectivity index (χ1v) is 9.26. The number of piperidine rings is 1. The quantitative estimate of drug-likeness (QED) is 0.787. The number of anilines is 1. The molecular weight excluding hydrogens is 346 g/mol. The van der Waals surface area contributed by atoms with Crippen LogP contribution in [0.4, 0.5) is 14.5 Å². The smallest absolute Gasteiger partial charge is 0.160 e. The minimum absolute atomic E-state index is 0.0831. The number of aliphatic hydroxyl groups excluding tert-OH is 1. The number of rotatable bonds is 5. The molecule has 0 aromatic heterocycles. The fourth-order valence-corrected chi connectivity index (χ4v) is 3.31. The Labute approximate surface area is 159 Å². The molecule has 1 aliphatic heterocycles. The molecule has 3 rings (SSSR count). The highest BCUT2D eigenvalue weighted by molar-refractivity contribution is 5.44. The minimum Gasteiger partial charge on any atom is -0.395 e. The first-order valence-electron chi connectivity index (χ1n) is 9.26. The van der Waals surface area contributed by atoms with Gasteiger partial charge in [0.05, 0.1) is 6.61 Å². The average Bonchev–Trinajstić information content (AvgIpc) is 2.67. The predicted molar refractivity (Wildman–Crippen MR) is 103 cm³/mol. The topological polar surface area (TPSA) is 35.5 Å². The molecular formula is C22H24F2N2O. The fraction of sp³-hybridized carbons (Fsp3) is 0.364. The van der Waals surface area contributed by atoms with Crippen molar-refractivity contribution in [3.63, 3.8) is 0 Å². The summed E-state index contributed by atoms with van der Waals surface area (Å²) >= 11 is 0. The van der Waals surface area contributed by atoms with Crippen LogP contribution in [0.1, 0.15) is 30.4 Å². The SMILES string of the molecule is OCCC#Cc1ccc(CN2CCC[C@@H](Nc3ccc(F)c(F)c3)C2)cc1. The van der Waals surface area contributed by atoms with Crippen LogP contribution in [0.25, 0.3) is 0 Å². The molecule has 2 N–H and O–H groups in total. The van der Waals surface area contributed by atoms with E-state index in [9.17, 15) is 8.78 Å². The highest BCUT2D eigenvalue weighted by Crippen LogP contribution is 2.20. The van der Waals surface area contributed by atoms with Crippen LogP contribution in [0.15, 0.2) is 42.5 Å². The molecule has 0 aliphatic carbocycles. The molecule has 0 unspecified atom stereocenters. The van der Waals surface area contributed by atoms with E-state index in [1.54, 1.807) is 6.07 Å². The Hall–Kier alpha value is -2.42. The van der Waals surface area contributed by atoms with Gasteiger partial charge >= 0.3 is 0 Å². The van der Waals surface area contributed by atoms with Crippen molar-refractivity contribution in [2.75, 3.05) is 25.0 Å². The van der Waals surface area contributed by atoms with E-state index in [-0.39, 0.29) is 12.6 Å². The number of hydrogen-bond acceptors (Lipinski definition) is 3. The second kappa shape index (κ2) is 9.50. The van der Waals surface area contributed by atoms with Crippen molar-refractivity contribution in [2.24, 2.45) is 0 Å². The molecule has 0 radical (unpaired) electrons. The van der Waals surface area contributed by atoms with E-state index >= 15 is 0 Å². The van der Waals surface area contributed by atoms with Gasteiger partial charge in [-0.05, 0) is 49.2 Å². The molecule has 0 saturated carbocycles. The molecule has 1 saturated heterocycles.